The number of ether oxygens (including phenoxy) is 1. The summed E-state index contributed by atoms with van der Waals surface area (Å²) in [4.78, 5) is 4.63. The van der Waals surface area contributed by atoms with Crippen LogP contribution in [0.3, 0.4) is 0 Å². The zero-order valence-corrected chi connectivity index (χ0v) is 18.1. The summed E-state index contributed by atoms with van der Waals surface area (Å²) in [6.45, 7) is 4.63. The summed E-state index contributed by atoms with van der Waals surface area (Å²) in [5.41, 5.74) is 1.09. The molecule has 0 atom stereocenters. The van der Waals surface area contributed by atoms with Gasteiger partial charge in [0.05, 0.1) is 0 Å². The van der Waals surface area contributed by atoms with Crippen molar-refractivity contribution in [2.75, 3.05) is 26.8 Å². The summed E-state index contributed by atoms with van der Waals surface area (Å²) in [6.07, 6.45) is 2.69. The third-order valence-corrected chi connectivity index (χ3v) is 4.90. The molecule has 0 bridgehead atoms. The van der Waals surface area contributed by atoms with E-state index in [-0.39, 0.29) is 0 Å². The zero-order valence-electron chi connectivity index (χ0n) is 16.6. The van der Waals surface area contributed by atoms with E-state index in [0.29, 0.717) is 23.2 Å². The van der Waals surface area contributed by atoms with Gasteiger partial charge < -0.3 is 19.9 Å². The van der Waals surface area contributed by atoms with Crippen molar-refractivity contribution in [3.8, 4) is 0 Å². The number of hydrogen-bond acceptors (Lipinski definition) is 4. The third-order valence-electron chi connectivity index (χ3n) is 4.31. The maximum atomic E-state index is 6.24. The van der Waals surface area contributed by atoms with E-state index in [1.54, 1.807) is 13.2 Å². The average molecular weight is 427 g/mol. The van der Waals surface area contributed by atoms with Crippen LogP contribution in [0.25, 0.3) is 0 Å². The maximum Gasteiger partial charge on any atom is 0.191 e. The molecule has 0 spiro atoms. The Bertz CT molecular complexity index is 778. The van der Waals surface area contributed by atoms with Crippen LogP contribution < -0.4 is 10.6 Å². The molecule has 1 aromatic carbocycles. The first-order valence-electron chi connectivity index (χ1n) is 9.31. The van der Waals surface area contributed by atoms with Crippen LogP contribution in [0.4, 0.5) is 0 Å². The van der Waals surface area contributed by atoms with Crippen molar-refractivity contribution in [3.63, 3.8) is 0 Å². The van der Waals surface area contributed by atoms with Gasteiger partial charge in [-0.1, -0.05) is 29.3 Å². The standard InChI is InChI=1S/C19H28Cl2N6O/c1-14-25-26-18(27(14)2)13-24-19(23-10-5-11-28-3)22-9-4-6-15-7-8-16(20)12-17(15)21/h7-8,12H,4-6,9-11,13H2,1-3H3,(H2,22,23,24). The van der Waals surface area contributed by atoms with E-state index in [2.05, 4.69) is 25.8 Å². The fraction of sp³-hybridized carbons (Fsp3) is 0.526. The molecule has 0 aliphatic carbocycles. The summed E-state index contributed by atoms with van der Waals surface area (Å²) in [5, 5.41) is 16.3. The predicted molar refractivity (Wildman–Crippen MR) is 114 cm³/mol. The molecule has 2 aromatic rings. The lowest BCUT2D eigenvalue weighted by molar-refractivity contribution is 0.195. The van der Waals surface area contributed by atoms with Gasteiger partial charge in [-0.15, -0.1) is 10.2 Å². The summed E-state index contributed by atoms with van der Waals surface area (Å²) in [5.74, 6) is 2.44. The number of halogens is 2. The second-order valence-corrected chi connectivity index (χ2v) is 7.27. The third kappa shape index (κ3) is 7.30. The number of benzene rings is 1. The molecule has 0 radical (unpaired) electrons. The summed E-state index contributed by atoms with van der Waals surface area (Å²) in [6, 6.07) is 5.61. The Morgan fingerprint density at radius 1 is 1.18 bits per heavy atom. The van der Waals surface area contributed by atoms with Gasteiger partial charge in [-0.05, 0) is 43.9 Å². The smallest absolute Gasteiger partial charge is 0.191 e. The first-order valence-corrected chi connectivity index (χ1v) is 10.1. The van der Waals surface area contributed by atoms with Gasteiger partial charge in [0.2, 0.25) is 0 Å². The van der Waals surface area contributed by atoms with Crippen LogP contribution in [0.2, 0.25) is 10.0 Å². The minimum Gasteiger partial charge on any atom is -0.385 e. The molecule has 2 rings (SSSR count). The largest absolute Gasteiger partial charge is 0.385 e. The number of aliphatic imine (C=N–C) groups is 1. The number of guanidine groups is 1. The van der Waals surface area contributed by atoms with E-state index in [1.165, 1.54) is 0 Å². The second kappa shape index (κ2) is 11.9. The predicted octanol–water partition coefficient (Wildman–Crippen LogP) is 3.13. The summed E-state index contributed by atoms with van der Waals surface area (Å²) >= 11 is 12.2. The molecule has 28 heavy (non-hydrogen) atoms. The Kier molecular flexibility index (Phi) is 9.54. The Balaban J connectivity index is 1.87. The van der Waals surface area contributed by atoms with E-state index >= 15 is 0 Å². The summed E-state index contributed by atoms with van der Waals surface area (Å²) in [7, 11) is 3.64. The van der Waals surface area contributed by atoms with Crippen LogP contribution in [0, 0.1) is 6.92 Å². The second-order valence-electron chi connectivity index (χ2n) is 6.43. The highest BCUT2D eigenvalue weighted by atomic mass is 35.5. The first-order chi connectivity index (χ1) is 13.5. The number of hydrogen-bond donors (Lipinski definition) is 2. The number of methoxy groups -OCH3 is 1. The molecule has 0 fully saturated rings. The Labute approximate surface area is 176 Å². The normalized spacial score (nSPS) is 11.7. The minimum absolute atomic E-state index is 0.458. The Hall–Kier alpha value is -1.83. The first kappa shape index (κ1) is 22.5. The highest BCUT2D eigenvalue weighted by Crippen LogP contribution is 2.21. The Morgan fingerprint density at radius 2 is 1.93 bits per heavy atom. The number of aryl methyl sites for hydroxylation is 2. The summed E-state index contributed by atoms with van der Waals surface area (Å²) < 4.78 is 7.03. The van der Waals surface area contributed by atoms with E-state index in [0.717, 1.165) is 55.5 Å². The minimum atomic E-state index is 0.458. The molecule has 0 amide bonds. The number of nitrogens with zero attached hydrogens (tertiary/aromatic N) is 4. The lowest BCUT2D eigenvalue weighted by atomic mass is 10.1. The van der Waals surface area contributed by atoms with E-state index < -0.39 is 0 Å². The SMILES string of the molecule is COCCCNC(=NCc1nnc(C)n1C)NCCCc1ccc(Cl)cc1Cl. The van der Waals surface area contributed by atoms with Crippen LogP contribution in [0.15, 0.2) is 23.2 Å². The fourth-order valence-corrected chi connectivity index (χ4v) is 3.05. The molecule has 0 saturated heterocycles. The number of rotatable bonds is 10. The molecule has 2 N–H and O–H groups in total. The lowest BCUT2D eigenvalue weighted by Crippen LogP contribution is -2.38. The van der Waals surface area contributed by atoms with Crippen LogP contribution >= 0.6 is 23.2 Å². The molecular formula is C19H28Cl2N6O. The lowest BCUT2D eigenvalue weighted by Gasteiger charge is -2.13. The molecule has 154 valence electrons. The molecule has 0 saturated carbocycles. The van der Waals surface area contributed by atoms with Crippen molar-refractivity contribution >= 4 is 29.2 Å². The van der Waals surface area contributed by atoms with Crippen molar-refractivity contribution < 1.29 is 4.74 Å². The molecular weight excluding hydrogens is 399 g/mol. The molecule has 0 aliphatic rings. The van der Waals surface area contributed by atoms with Gasteiger partial charge in [0.25, 0.3) is 0 Å². The fourth-order valence-electron chi connectivity index (χ4n) is 2.55. The quantitative estimate of drug-likeness (QED) is 0.346. The number of aromatic nitrogens is 3. The van der Waals surface area contributed by atoms with Gasteiger partial charge in [0, 0.05) is 43.9 Å². The van der Waals surface area contributed by atoms with E-state index in [4.69, 9.17) is 27.9 Å². The van der Waals surface area contributed by atoms with Crippen LogP contribution in [0.1, 0.15) is 30.1 Å². The molecule has 1 aromatic heterocycles. The van der Waals surface area contributed by atoms with Crippen LogP contribution in [-0.2, 0) is 24.8 Å². The maximum absolute atomic E-state index is 6.24. The molecule has 9 heteroatoms. The Morgan fingerprint density at radius 3 is 2.57 bits per heavy atom. The van der Waals surface area contributed by atoms with Gasteiger partial charge in [0.15, 0.2) is 11.8 Å². The van der Waals surface area contributed by atoms with Crippen molar-refractivity contribution in [1.82, 2.24) is 25.4 Å². The van der Waals surface area contributed by atoms with Gasteiger partial charge in [-0.25, -0.2) is 4.99 Å². The molecule has 7 nitrogen and oxygen atoms in total. The van der Waals surface area contributed by atoms with Crippen molar-refractivity contribution in [2.45, 2.75) is 32.7 Å². The van der Waals surface area contributed by atoms with Gasteiger partial charge in [-0.2, -0.15) is 0 Å². The van der Waals surface area contributed by atoms with Crippen molar-refractivity contribution in [3.05, 3.63) is 45.5 Å². The monoisotopic (exact) mass is 426 g/mol. The molecule has 0 unspecified atom stereocenters. The van der Waals surface area contributed by atoms with Crippen LogP contribution in [0.5, 0.6) is 0 Å². The van der Waals surface area contributed by atoms with Crippen molar-refractivity contribution in [2.24, 2.45) is 12.0 Å². The highest BCUT2D eigenvalue weighted by molar-refractivity contribution is 6.35. The van der Waals surface area contributed by atoms with Gasteiger partial charge in [0.1, 0.15) is 12.4 Å². The highest BCUT2D eigenvalue weighted by Gasteiger charge is 2.06. The average Bonchev–Trinajstić information content (AvgIpc) is 2.99. The van der Waals surface area contributed by atoms with Gasteiger partial charge in [-0.3, -0.25) is 0 Å². The molecule has 0 aliphatic heterocycles. The van der Waals surface area contributed by atoms with E-state index in [1.807, 2.05) is 30.7 Å². The zero-order chi connectivity index (χ0) is 20.4. The number of nitrogens with one attached hydrogen (secondary N) is 2. The van der Waals surface area contributed by atoms with Crippen molar-refractivity contribution in [1.29, 1.82) is 0 Å². The van der Waals surface area contributed by atoms with E-state index in [9.17, 15) is 0 Å². The van der Waals surface area contributed by atoms with Crippen LogP contribution in [-0.4, -0.2) is 47.5 Å². The molecule has 1 heterocycles. The van der Waals surface area contributed by atoms with Gasteiger partial charge >= 0.3 is 0 Å². The topological polar surface area (TPSA) is 76.4 Å².